The van der Waals surface area contributed by atoms with Gasteiger partial charge in [-0.2, -0.15) is 0 Å². The number of primary amides is 1. The van der Waals surface area contributed by atoms with Gasteiger partial charge in [-0.25, -0.2) is 33.5 Å². The Morgan fingerprint density at radius 2 is 1.73 bits per heavy atom. The molecule has 6 aromatic rings. The van der Waals surface area contributed by atoms with Gasteiger partial charge >= 0.3 is 24.2 Å². The summed E-state index contributed by atoms with van der Waals surface area (Å²) in [5, 5.41) is 31.6. The van der Waals surface area contributed by atoms with Crippen molar-refractivity contribution in [2.75, 3.05) is 62.5 Å². The first-order chi connectivity index (χ1) is 39.8. The van der Waals surface area contributed by atoms with E-state index in [-0.39, 0.29) is 68.9 Å². The molecule has 3 aromatic heterocycles. The van der Waals surface area contributed by atoms with Crippen molar-refractivity contribution in [3.8, 4) is 29.9 Å². The van der Waals surface area contributed by atoms with Crippen molar-refractivity contribution in [1.82, 2.24) is 40.6 Å². The minimum absolute atomic E-state index is 0.0209. The number of aromatic nitrogens is 4. The second-order valence-electron chi connectivity index (χ2n) is 19.6. The SMILES string of the molecule is C#CCOC(=O)N(C)Cc1cc(NC(=O)[C@H](CCCNC(N)=O)NC(=O)[C@@H](N)C(C)C)ccc1COC(=O)N(C)CC#Cc1ccc(OCCCc2sc(N3CCCc4c3nnc(Nc3nc5ccccc5s3)c4C)nc2C(=O)O)c(F)c1. The van der Waals surface area contributed by atoms with E-state index in [9.17, 15) is 33.9 Å². The van der Waals surface area contributed by atoms with Crippen LogP contribution in [0.1, 0.15) is 82.7 Å². The first-order valence-corrected chi connectivity index (χ1v) is 28.0. The molecule has 83 heavy (non-hydrogen) atoms. The van der Waals surface area contributed by atoms with Gasteiger partial charge in [-0.3, -0.25) is 9.59 Å². The number of rotatable bonds is 24. The normalized spacial score (nSPS) is 12.4. The third-order valence-corrected chi connectivity index (χ3v) is 15.2. The van der Waals surface area contributed by atoms with Crippen LogP contribution in [0, 0.1) is 42.8 Å². The van der Waals surface area contributed by atoms with E-state index in [1.54, 1.807) is 38.1 Å². The molecule has 4 heterocycles. The number of aryl methyl sites for hydroxylation is 1. The zero-order valence-electron chi connectivity index (χ0n) is 46.4. The second kappa shape index (κ2) is 29.0. The fraction of sp³-hybridized carbons (Fsp3) is 0.368. The quantitative estimate of drug-likeness (QED) is 0.0233. The van der Waals surface area contributed by atoms with Crippen molar-refractivity contribution >= 4 is 96.5 Å². The highest BCUT2D eigenvalue weighted by Gasteiger charge is 2.30. The Bertz CT molecular complexity index is 3430. The van der Waals surface area contributed by atoms with Crippen molar-refractivity contribution in [2.24, 2.45) is 17.4 Å². The average Bonchev–Trinajstić information content (AvgIpc) is 3.78. The molecule has 0 bridgehead atoms. The predicted molar refractivity (Wildman–Crippen MR) is 312 cm³/mol. The number of para-hydroxylation sites is 1. The van der Waals surface area contributed by atoms with Crippen LogP contribution in [0.2, 0.25) is 0 Å². The number of hydrogen-bond acceptors (Lipinski definition) is 18. The second-order valence-corrected chi connectivity index (χ2v) is 21.7. The summed E-state index contributed by atoms with van der Waals surface area (Å²) in [4.78, 5) is 90.1. The van der Waals surface area contributed by atoms with Gasteiger partial charge in [0.1, 0.15) is 12.6 Å². The lowest BCUT2D eigenvalue weighted by Gasteiger charge is -2.28. The fourth-order valence-corrected chi connectivity index (χ4v) is 10.5. The topological polar surface area (TPSA) is 312 Å². The Hall–Kier alpha value is -9.11. The van der Waals surface area contributed by atoms with Crippen molar-refractivity contribution in [3.63, 3.8) is 0 Å². The van der Waals surface area contributed by atoms with Crippen LogP contribution >= 0.6 is 22.7 Å². The number of carbonyl (C=O) groups excluding carboxylic acids is 5. The number of aromatic carboxylic acids is 1. The number of hydrogen-bond donors (Lipinski definition) is 7. The zero-order chi connectivity index (χ0) is 59.7. The number of fused-ring (bicyclic) bond motifs is 2. The molecule has 6 amide bonds. The van der Waals surface area contributed by atoms with Crippen LogP contribution in [-0.2, 0) is 45.1 Å². The van der Waals surface area contributed by atoms with E-state index in [2.05, 4.69) is 59.2 Å². The summed E-state index contributed by atoms with van der Waals surface area (Å²) >= 11 is 2.78. The maximum atomic E-state index is 15.3. The highest BCUT2D eigenvalue weighted by molar-refractivity contribution is 7.22. The first-order valence-electron chi connectivity index (χ1n) is 26.4. The predicted octanol–water partition coefficient (Wildman–Crippen LogP) is 7.20. The summed E-state index contributed by atoms with van der Waals surface area (Å²) in [6.45, 7) is 5.63. The maximum Gasteiger partial charge on any atom is 0.410 e. The fourth-order valence-electron chi connectivity index (χ4n) is 8.50. The molecule has 1 aliphatic heterocycles. The van der Waals surface area contributed by atoms with Crippen LogP contribution in [0.3, 0.4) is 0 Å². The van der Waals surface area contributed by atoms with Gasteiger partial charge in [-0.1, -0.05) is 61.1 Å². The van der Waals surface area contributed by atoms with Gasteiger partial charge in [0.2, 0.25) is 11.8 Å². The van der Waals surface area contributed by atoms with Gasteiger partial charge < -0.3 is 66.8 Å². The zero-order valence-corrected chi connectivity index (χ0v) is 48.0. The number of amides is 6. The Labute approximate surface area is 486 Å². The number of urea groups is 1. The van der Waals surface area contributed by atoms with Gasteiger partial charge in [0.05, 0.1) is 29.4 Å². The number of nitrogens with zero attached hydrogens (tertiary/aromatic N) is 7. The van der Waals surface area contributed by atoms with Crippen LogP contribution < -0.4 is 42.4 Å². The van der Waals surface area contributed by atoms with Gasteiger partial charge in [-0.05, 0) is 105 Å². The minimum Gasteiger partial charge on any atom is -0.491 e. The number of carbonyl (C=O) groups is 6. The summed E-state index contributed by atoms with van der Waals surface area (Å²) in [6.07, 6.45) is 6.43. The number of terminal acetylenes is 1. The van der Waals surface area contributed by atoms with E-state index in [0.717, 1.165) is 34.2 Å². The van der Waals surface area contributed by atoms with E-state index >= 15 is 4.39 Å². The minimum atomic E-state index is -1.16. The van der Waals surface area contributed by atoms with Gasteiger partial charge in [-0.15, -0.1) is 28.0 Å². The summed E-state index contributed by atoms with van der Waals surface area (Å²) in [5.74, 6) is 5.94. The highest BCUT2D eigenvalue weighted by Crippen LogP contribution is 2.39. The van der Waals surface area contributed by atoms with E-state index < -0.39 is 53.9 Å². The maximum absolute atomic E-state index is 15.3. The number of ether oxygens (including phenoxy) is 3. The Morgan fingerprint density at radius 1 is 0.952 bits per heavy atom. The lowest BCUT2D eigenvalue weighted by atomic mass is 10.0. The Morgan fingerprint density at radius 3 is 2.47 bits per heavy atom. The standard InChI is InChI=1S/C57H64FN13O10S2/c1-7-27-80-57(78)70(6)31-37-30-38(62-50(72)42(17-10-24-61-53(60)76)63-51(73)46(59)33(2)3)22-21-36(37)32-81-56(77)69(5)25-11-14-35-20-23-43(40(58)29-35)79-28-13-19-45-47(52(74)75)65-55(83-45)71-26-12-15-39-34(4)48(67-68-49(39)71)66-54-64-41-16-8-9-18-44(41)82-54/h1,8-9,16,18,20-23,29-30,33,42,46H,10,12-13,15,17,19,24-28,31-32,59H2,2-6H3,(H,62,72)(H,63,73)(H,74,75)(H3,60,61,76)(H,64,66,67)/t42-,46-/m0/s1. The van der Waals surface area contributed by atoms with E-state index in [0.29, 0.717) is 69.3 Å². The molecule has 0 saturated carbocycles. The molecule has 0 aliphatic carbocycles. The van der Waals surface area contributed by atoms with Crippen LogP contribution in [-0.4, -0.2) is 130 Å². The number of thiazole rings is 2. The molecular formula is C57H64FN13O10S2. The summed E-state index contributed by atoms with van der Waals surface area (Å²) in [7, 11) is 2.93. The van der Waals surface area contributed by atoms with Gasteiger partial charge in [0.15, 0.2) is 45.8 Å². The highest BCUT2D eigenvalue weighted by atomic mass is 32.1. The average molecular weight is 1170 g/mol. The van der Waals surface area contributed by atoms with Gasteiger partial charge in [0.25, 0.3) is 0 Å². The van der Waals surface area contributed by atoms with E-state index in [1.807, 2.05) is 36.1 Å². The molecule has 7 rings (SSSR count). The number of anilines is 5. The van der Waals surface area contributed by atoms with Crippen molar-refractivity contribution in [1.29, 1.82) is 0 Å². The van der Waals surface area contributed by atoms with Crippen molar-refractivity contribution in [2.45, 2.75) is 84.5 Å². The lowest BCUT2D eigenvalue weighted by molar-refractivity contribution is -0.128. The number of nitrogens with one attached hydrogen (secondary N) is 4. The van der Waals surface area contributed by atoms with Crippen LogP contribution in [0.5, 0.6) is 5.75 Å². The summed E-state index contributed by atoms with van der Waals surface area (Å²) < 4.78 is 32.8. The first kappa shape index (κ1) is 61.5. The molecule has 436 valence electrons. The molecule has 9 N–H and O–H groups in total. The molecule has 1 aliphatic rings. The van der Waals surface area contributed by atoms with Crippen LogP contribution in [0.4, 0.5) is 46.4 Å². The monoisotopic (exact) mass is 1170 g/mol. The Kier molecular flexibility index (Phi) is 21.5. The third-order valence-electron chi connectivity index (χ3n) is 13.1. The van der Waals surface area contributed by atoms with Crippen molar-refractivity contribution < 1.29 is 52.5 Å². The summed E-state index contributed by atoms with van der Waals surface area (Å²) in [5.41, 5.74) is 15.5. The lowest BCUT2D eigenvalue weighted by Crippen LogP contribution is -2.51. The molecule has 0 spiro atoms. The largest absolute Gasteiger partial charge is 0.491 e. The van der Waals surface area contributed by atoms with E-state index in [4.69, 9.17) is 32.1 Å². The number of nitrogens with two attached hydrogens (primary N) is 2. The molecule has 23 nitrogen and oxygen atoms in total. The molecule has 2 atom stereocenters. The molecular weight excluding hydrogens is 1110 g/mol. The smallest absolute Gasteiger partial charge is 0.410 e. The third kappa shape index (κ3) is 16.7. The van der Waals surface area contributed by atoms with Crippen LogP contribution in [0.15, 0.2) is 60.7 Å². The molecule has 0 fully saturated rings. The molecule has 0 radical (unpaired) electrons. The summed E-state index contributed by atoms with van der Waals surface area (Å²) in [6, 6.07) is 14.1. The number of carboxylic acids is 1. The van der Waals surface area contributed by atoms with E-state index in [1.165, 1.54) is 58.7 Å². The number of benzene rings is 3. The molecule has 26 heteroatoms. The number of carboxylic acid groups (broad SMARTS) is 1. The molecule has 0 unspecified atom stereocenters. The van der Waals surface area contributed by atoms with Gasteiger partial charge in [0, 0.05) is 61.0 Å². The Balaban J connectivity index is 0.920. The molecule has 3 aromatic carbocycles. The van der Waals surface area contributed by atoms with Crippen LogP contribution in [0.25, 0.3) is 10.2 Å². The molecule has 0 saturated heterocycles. The number of halogens is 1. The van der Waals surface area contributed by atoms with Crippen molar-refractivity contribution in [3.05, 3.63) is 105 Å².